The molecule has 7 heteroatoms. The van der Waals surface area contributed by atoms with E-state index in [1.54, 1.807) is 37.3 Å². The fourth-order valence-corrected chi connectivity index (χ4v) is 3.23. The largest absolute Gasteiger partial charge is 0.459 e. The monoisotopic (exact) mass is 358 g/mol. The maximum Gasteiger partial charge on any atom is 0.291 e. The Morgan fingerprint density at radius 1 is 1.08 bits per heavy atom. The molecule has 128 valence electrons. The SMILES string of the molecule is Cc1ccc(F)c(NC(=O)c2sc(NC(=O)c3ccco3)cc2C)c1. The first kappa shape index (κ1) is 16.9. The van der Waals surface area contributed by atoms with Crippen molar-refractivity contribution in [3.63, 3.8) is 0 Å². The lowest BCUT2D eigenvalue weighted by Gasteiger charge is -2.06. The van der Waals surface area contributed by atoms with E-state index in [0.29, 0.717) is 15.4 Å². The highest BCUT2D eigenvalue weighted by atomic mass is 32.1. The van der Waals surface area contributed by atoms with Gasteiger partial charge in [0, 0.05) is 0 Å². The molecule has 0 saturated carbocycles. The second-order valence-electron chi connectivity index (χ2n) is 5.49. The molecule has 0 unspecified atom stereocenters. The summed E-state index contributed by atoms with van der Waals surface area (Å²) in [4.78, 5) is 24.8. The standard InChI is InChI=1S/C18H15FN2O3S/c1-10-5-6-12(19)13(8-10)20-18(23)16-11(2)9-15(25-16)21-17(22)14-4-3-7-24-14/h3-9H,1-2H3,(H,20,23)(H,21,22). The molecule has 2 N–H and O–H groups in total. The molecule has 2 amide bonds. The first-order valence-electron chi connectivity index (χ1n) is 7.47. The van der Waals surface area contributed by atoms with Crippen LogP contribution in [-0.4, -0.2) is 11.8 Å². The molecule has 3 rings (SSSR count). The number of rotatable bonds is 4. The molecule has 2 aromatic heterocycles. The number of nitrogens with one attached hydrogen (secondary N) is 2. The van der Waals surface area contributed by atoms with Gasteiger partial charge in [0.25, 0.3) is 11.8 Å². The fraction of sp³-hybridized carbons (Fsp3) is 0.111. The number of amides is 2. The molecule has 3 aromatic rings. The lowest BCUT2D eigenvalue weighted by molar-refractivity contribution is 0.0995. The Kier molecular flexibility index (Phi) is 4.67. The summed E-state index contributed by atoms with van der Waals surface area (Å²) < 4.78 is 18.8. The Balaban J connectivity index is 1.76. The second kappa shape index (κ2) is 6.90. The maximum absolute atomic E-state index is 13.8. The van der Waals surface area contributed by atoms with Gasteiger partial charge in [0.05, 0.1) is 21.8 Å². The highest BCUT2D eigenvalue weighted by Crippen LogP contribution is 2.28. The third kappa shape index (κ3) is 3.77. The molecule has 0 aliphatic heterocycles. The predicted molar refractivity (Wildman–Crippen MR) is 94.8 cm³/mol. The Morgan fingerprint density at radius 3 is 2.60 bits per heavy atom. The van der Waals surface area contributed by atoms with Gasteiger partial charge in [-0.2, -0.15) is 0 Å². The average molecular weight is 358 g/mol. The van der Waals surface area contributed by atoms with Crippen LogP contribution in [0.4, 0.5) is 15.1 Å². The molecule has 0 fully saturated rings. The van der Waals surface area contributed by atoms with Gasteiger partial charge in [-0.05, 0) is 55.3 Å². The van der Waals surface area contributed by atoms with Gasteiger partial charge < -0.3 is 15.1 Å². The van der Waals surface area contributed by atoms with Crippen LogP contribution in [0.25, 0.3) is 0 Å². The molecule has 0 bridgehead atoms. The van der Waals surface area contributed by atoms with E-state index in [2.05, 4.69) is 10.6 Å². The minimum atomic E-state index is -0.500. The van der Waals surface area contributed by atoms with Crippen molar-refractivity contribution in [2.45, 2.75) is 13.8 Å². The molecule has 2 heterocycles. The molecule has 25 heavy (non-hydrogen) atoms. The van der Waals surface area contributed by atoms with Gasteiger partial charge in [0.1, 0.15) is 5.82 Å². The lowest BCUT2D eigenvalue weighted by atomic mass is 10.2. The van der Waals surface area contributed by atoms with Crippen molar-refractivity contribution < 1.29 is 18.4 Å². The zero-order valence-electron chi connectivity index (χ0n) is 13.6. The smallest absolute Gasteiger partial charge is 0.291 e. The van der Waals surface area contributed by atoms with Crippen LogP contribution in [0.5, 0.6) is 0 Å². The number of thiophene rings is 1. The summed E-state index contributed by atoms with van der Waals surface area (Å²) in [6.45, 7) is 3.56. The summed E-state index contributed by atoms with van der Waals surface area (Å²) >= 11 is 1.11. The molecule has 5 nitrogen and oxygen atoms in total. The first-order valence-corrected chi connectivity index (χ1v) is 8.28. The lowest BCUT2D eigenvalue weighted by Crippen LogP contribution is -2.12. The topological polar surface area (TPSA) is 71.3 Å². The number of anilines is 2. The highest BCUT2D eigenvalue weighted by Gasteiger charge is 2.17. The number of aryl methyl sites for hydroxylation is 2. The van der Waals surface area contributed by atoms with Crippen LogP contribution in [0, 0.1) is 19.7 Å². The summed E-state index contributed by atoms with van der Waals surface area (Å²) in [5, 5.41) is 5.75. The molecule has 0 spiro atoms. The Labute approximate surface area is 147 Å². The molecule has 0 saturated heterocycles. The number of furan rings is 1. The van der Waals surface area contributed by atoms with E-state index < -0.39 is 17.6 Å². The van der Waals surface area contributed by atoms with E-state index in [0.717, 1.165) is 16.9 Å². The van der Waals surface area contributed by atoms with Crippen molar-refractivity contribution in [3.8, 4) is 0 Å². The molecule has 0 aliphatic rings. The number of carbonyl (C=O) groups excluding carboxylic acids is 2. The van der Waals surface area contributed by atoms with Crippen LogP contribution >= 0.6 is 11.3 Å². The maximum atomic E-state index is 13.8. The summed E-state index contributed by atoms with van der Waals surface area (Å²) in [5.74, 6) is -1.15. The molecular weight excluding hydrogens is 343 g/mol. The van der Waals surface area contributed by atoms with Crippen LogP contribution in [0.15, 0.2) is 47.1 Å². The van der Waals surface area contributed by atoms with Crippen molar-refractivity contribution in [2.24, 2.45) is 0 Å². The molecule has 0 atom stereocenters. The third-order valence-electron chi connectivity index (χ3n) is 3.48. The predicted octanol–water partition coefficient (Wildman–Crippen LogP) is 4.60. The highest BCUT2D eigenvalue weighted by molar-refractivity contribution is 7.18. The van der Waals surface area contributed by atoms with Gasteiger partial charge in [-0.15, -0.1) is 11.3 Å². The number of carbonyl (C=O) groups is 2. The minimum Gasteiger partial charge on any atom is -0.459 e. The van der Waals surface area contributed by atoms with E-state index in [4.69, 9.17) is 4.42 Å². The van der Waals surface area contributed by atoms with Gasteiger partial charge in [-0.1, -0.05) is 6.07 Å². The summed E-state index contributed by atoms with van der Waals surface area (Å²) in [6, 6.07) is 9.35. The van der Waals surface area contributed by atoms with Gasteiger partial charge in [-0.25, -0.2) is 4.39 Å². The van der Waals surface area contributed by atoms with Crippen molar-refractivity contribution in [2.75, 3.05) is 10.6 Å². The van der Waals surface area contributed by atoms with E-state index >= 15 is 0 Å². The Bertz CT molecular complexity index is 932. The van der Waals surface area contributed by atoms with E-state index in [9.17, 15) is 14.0 Å². The summed E-state index contributed by atoms with van der Waals surface area (Å²) in [6.07, 6.45) is 1.41. The Hall–Kier alpha value is -2.93. The molecule has 0 aliphatic carbocycles. The zero-order valence-corrected chi connectivity index (χ0v) is 14.4. The Morgan fingerprint density at radius 2 is 1.88 bits per heavy atom. The van der Waals surface area contributed by atoms with E-state index in [1.807, 2.05) is 6.92 Å². The van der Waals surface area contributed by atoms with Crippen molar-refractivity contribution in [1.29, 1.82) is 0 Å². The van der Waals surface area contributed by atoms with Crippen molar-refractivity contribution >= 4 is 33.8 Å². The van der Waals surface area contributed by atoms with E-state index in [1.165, 1.54) is 12.3 Å². The van der Waals surface area contributed by atoms with Crippen LogP contribution in [0.1, 0.15) is 31.4 Å². The molecule has 1 aromatic carbocycles. The first-order chi connectivity index (χ1) is 11.9. The van der Waals surface area contributed by atoms with Gasteiger partial charge in [0.15, 0.2) is 5.76 Å². The zero-order chi connectivity index (χ0) is 18.0. The van der Waals surface area contributed by atoms with Crippen LogP contribution in [-0.2, 0) is 0 Å². The third-order valence-corrected chi connectivity index (χ3v) is 4.63. The number of hydrogen-bond donors (Lipinski definition) is 2. The van der Waals surface area contributed by atoms with Gasteiger partial charge in [0.2, 0.25) is 0 Å². The fourth-order valence-electron chi connectivity index (χ4n) is 2.26. The number of hydrogen-bond acceptors (Lipinski definition) is 4. The minimum absolute atomic E-state index is 0.124. The van der Waals surface area contributed by atoms with Crippen LogP contribution in [0.3, 0.4) is 0 Å². The van der Waals surface area contributed by atoms with Gasteiger partial charge in [-0.3, -0.25) is 9.59 Å². The normalized spacial score (nSPS) is 10.5. The van der Waals surface area contributed by atoms with Crippen molar-refractivity contribution in [1.82, 2.24) is 0 Å². The number of benzene rings is 1. The van der Waals surface area contributed by atoms with Crippen molar-refractivity contribution in [3.05, 3.63) is 70.2 Å². The van der Waals surface area contributed by atoms with Crippen LogP contribution < -0.4 is 10.6 Å². The molecule has 0 radical (unpaired) electrons. The number of halogens is 1. The quantitative estimate of drug-likeness (QED) is 0.716. The second-order valence-corrected chi connectivity index (χ2v) is 6.54. The summed E-state index contributed by atoms with van der Waals surface area (Å²) in [7, 11) is 0. The van der Waals surface area contributed by atoms with Gasteiger partial charge >= 0.3 is 0 Å². The summed E-state index contributed by atoms with van der Waals surface area (Å²) in [5.41, 5.74) is 1.65. The average Bonchev–Trinajstić information content (AvgIpc) is 3.20. The van der Waals surface area contributed by atoms with E-state index in [-0.39, 0.29) is 11.4 Å². The molecular formula is C18H15FN2O3S. The van der Waals surface area contributed by atoms with Crippen LogP contribution in [0.2, 0.25) is 0 Å².